The fraction of sp³-hybridized carbons (Fsp3) is 0.435. The molecular weight excluding hydrogens is 426 g/mol. The van der Waals surface area contributed by atoms with Gasteiger partial charge >= 0.3 is 0 Å². The first-order valence-electron chi connectivity index (χ1n) is 11.0. The van der Waals surface area contributed by atoms with Gasteiger partial charge in [0.05, 0.1) is 21.5 Å². The highest BCUT2D eigenvalue weighted by atomic mass is 32.2. The molecule has 0 bridgehead atoms. The predicted octanol–water partition coefficient (Wildman–Crippen LogP) is 2.22. The van der Waals surface area contributed by atoms with Crippen LogP contribution >= 0.6 is 0 Å². The van der Waals surface area contributed by atoms with E-state index in [-0.39, 0.29) is 19.0 Å². The molecule has 32 heavy (non-hydrogen) atoms. The Morgan fingerprint density at radius 3 is 2.47 bits per heavy atom. The number of aryl methyl sites for hydroxylation is 5. The van der Waals surface area contributed by atoms with Gasteiger partial charge in [-0.2, -0.15) is 9.40 Å². The quantitative estimate of drug-likeness (QED) is 0.607. The molecule has 1 aliphatic heterocycles. The summed E-state index contributed by atoms with van der Waals surface area (Å²) < 4.78 is 29.6. The third-order valence-corrected chi connectivity index (χ3v) is 8.46. The van der Waals surface area contributed by atoms with E-state index in [9.17, 15) is 13.2 Å². The van der Waals surface area contributed by atoms with Crippen molar-refractivity contribution in [1.82, 2.24) is 24.0 Å². The van der Waals surface area contributed by atoms with Crippen LogP contribution in [0.4, 0.5) is 0 Å². The lowest BCUT2D eigenvalue weighted by atomic mass is 10.1. The summed E-state index contributed by atoms with van der Waals surface area (Å²) in [6.07, 6.45) is 3.04. The highest BCUT2D eigenvalue weighted by Crippen LogP contribution is 2.28. The second kappa shape index (κ2) is 7.67. The summed E-state index contributed by atoms with van der Waals surface area (Å²) >= 11 is 0. The number of fused-ring (bicyclic) bond motifs is 2. The monoisotopic (exact) mass is 453 g/mol. The summed E-state index contributed by atoms with van der Waals surface area (Å²) in [7, 11) is -1.75. The molecule has 1 amide bonds. The van der Waals surface area contributed by atoms with Crippen LogP contribution in [0.25, 0.3) is 11.0 Å². The van der Waals surface area contributed by atoms with E-state index in [0.29, 0.717) is 29.2 Å². The molecule has 5 rings (SSSR count). The van der Waals surface area contributed by atoms with Crippen LogP contribution < -0.4 is 0 Å². The van der Waals surface area contributed by atoms with Gasteiger partial charge in [0.1, 0.15) is 0 Å². The molecule has 9 heteroatoms. The Labute approximate surface area is 187 Å². The Bertz CT molecular complexity index is 1340. The number of rotatable bonds is 3. The SMILES string of the molecule is Cc1cc(C(=O)N2CCN(S(=O)(=O)c3ccc4c(c3)CCC4)CC2)c2c(C)nn(C)c2n1. The third kappa shape index (κ3) is 3.40. The fourth-order valence-corrected chi connectivity index (χ4v) is 6.37. The average molecular weight is 454 g/mol. The van der Waals surface area contributed by atoms with Crippen molar-refractivity contribution in [3.05, 3.63) is 52.3 Å². The minimum Gasteiger partial charge on any atom is -0.336 e. The molecule has 0 N–H and O–H groups in total. The van der Waals surface area contributed by atoms with Crippen molar-refractivity contribution in [3.8, 4) is 0 Å². The maximum Gasteiger partial charge on any atom is 0.254 e. The summed E-state index contributed by atoms with van der Waals surface area (Å²) in [4.78, 5) is 20.0. The van der Waals surface area contributed by atoms with Gasteiger partial charge in [0, 0.05) is 38.9 Å². The van der Waals surface area contributed by atoms with Gasteiger partial charge in [-0.1, -0.05) is 6.07 Å². The first-order valence-corrected chi connectivity index (χ1v) is 12.4. The molecule has 0 radical (unpaired) electrons. The molecule has 0 atom stereocenters. The largest absolute Gasteiger partial charge is 0.336 e. The van der Waals surface area contributed by atoms with Gasteiger partial charge in [-0.15, -0.1) is 0 Å². The Hall–Kier alpha value is -2.78. The number of piperazine rings is 1. The maximum atomic E-state index is 13.4. The smallest absolute Gasteiger partial charge is 0.254 e. The number of hydrogen-bond acceptors (Lipinski definition) is 5. The predicted molar refractivity (Wildman–Crippen MR) is 121 cm³/mol. The van der Waals surface area contributed by atoms with Crippen LogP contribution in [0.1, 0.15) is 39.3 Å². The van der Waals surface area contributed by atoms with E-state index in [2.05, 4.69) is 10.1 Å². The number of sulfonamides is 1. The molecule has 3 heterocycles. The minimum atomic E-state index is -3.57. The minimum absolute atomic E-state index is 0.105. The molecule has 0 saturated carbocycles. The molecule has 8 nitrogen and oxygen atoms in total. The van der Waals surface area contributed by atoms with Crippen molar-refractivity contribution in [1.29, 1.82) is 0 Å². The molecule has 1 aromatic carbocycles. The number of carbonyl (C=O) groups excluding carboxylic acids is 1. The van der Waals surface area contributed by atoms with Crippen LogP contribution in [0.15, 0.2) is 29.2 Å². The number of hydrogen-bond donors (Lipinski definition) is 0. The van der Waals surface area contributed by atoms with Crippen molar-refractivity contribution < 1.29 is 13.2 Å². The van der Waals surface area contributed by atoms with E-state index in [1.54, 1.807) is 21.7 Å². The Morgan fingerprint density at radius 2 is 1.72 bits per heavy atom. The molecule has 0 unspecified atom stereocenters. The zero-order valence-electron chi connectivity index (χ0n) is 18.6. The van der Waals surface area contributed by atoms with Gasteiger partial charge in [-0.25, -0.2) is 13.4 Å². The van der Waals surface area contributed by atoms with Crippen molar-refractivity contribution in [2.75, 3.05) is 26.2 Å². The zero-order valence-corrected chi connectivity index (χ0v) is 19.4. The molecule has 168 valence electrons. The van der Waals surface area contributed by atoms with Crippen molar-refractivity contribution >= 4 is 27.0 Å². The van der Waals surface area contributed by atoms with Crippen LogP contribution in [-0.4, -0.2) is 64.5 Å². The molecule has 2 aliphatic rings. The molecule has 1 fully saturated rings. The van der Waals surface area contributed by atoms with Crippen molar-refractivity contribution in [2.24, 2.45) is 7.05 Å². The molecule has 3 aromatic rings. The van der Waals surface area contributed by atoms with Gasteiger partial charge < -0.3 is 4.90 Å². The summed E-state index contributed by atoms with van der Waals surface area (Å²) in [5, 5.41) is 5.18. The van der Waals surface area contributed by atoms with Crippen LogP contribution in [0.3, 0.4) is 0 Å². The molecule has 2 aromatic heterocycles. The van der Waals surface area contributed by atoms with Gasteiger partial charge in [0.25, 0.3) is 5.91 Å². The standard InChI is InChI=1S/C23H27N5O3S/c1-15-13-20(21-16(2)25-26(3)22(21)24-15)23(29)27-9-11-28(12-10-27)32(30,31)19-8-7-17-5-4-6-18(17)14-19/h7-8,13-14H,4-6,9-12H2,1-3H3. The number of nitrogens with zero attached hydrogens (tertiary/aromatic N) is 5. The Kier molecular flexibility index (Phi) is 5.05. The lowest BCUT2D eigenvalue weighted by Crippen LogP contribution is -2.50. The molecule has 0 spiro atoms. The van der Waals surface area contributed by atoms with E-state index < -0.39 is 10.0 Å². The van der Waals surface area contributed by atoms with Crippen molar-refractivity contribution in [2.45, 2.75) is 38.0 Å². The third-order valence-electron chi connectivity index (χ3n) is 6.56. The average Bonchev–Trinajstić information content (AvgIpc) is 3.36. The number of amides is 1. The normalized spacial score (nSPS) is 17.2. The number of carbonyl (C=O) groups is 1. The van der Waals surface area contributed by atoms with Crippen LogP contribution in [0.2, 0.25) is 0 Å². The summed E-state index contributed by atoms with van der Waals surface area (Å²) in [6.45, 7) is 5.00. The van der Waals surface area contributed by atoms with E-state index >= 15 is 0 Å². The molecule has 1 aliphatic carbocycles. The second-order valence-electron chi connectivity index (χ2n) is 8.70. The molecule has 1 saturated heterocycles. The van der Waals surface area contributed by atoms with Gasteiger partial charge in [-0.3, -0.25) is 9.48 Å². The molecular formula is C23H27N5O3S. The lowest BCUT2D eigenvalue weighted by molar-refractivity contribution is 0.0699. The number of aromatic nitrogens is 3. The highest BCUT2D eigenvalue weighted by molar-refractivity contribution is 7.89. The van der Waals surface area contributed by atoms with Crippen molar-refractivity contribution in [3.63, 3.8) is 0 Å². The topological polar surface area (TPSA) is 88.4 Å². The maximum absolute atomic E-state index is 13.4. The van der Waals surface area contributed by atoms with E-state index in [1.165, 1.54) is 9.87 Å². The number of benzene rings is 1. The fourth-order valence-electron chi connectivity index (χ4n) is 4.90. The first kappa shape index (κ1) is 21.1. The zero-order chi connectivity index (χ0) is 22.6. The van der Waals surface area contributed by atoms with E-state index in [1.807, 2.05) is 33.0 Å². The first-order chi connectivity index (χ1) is 15.3. The summed E-state index contributed by atoms with van der Waals surface area (Å²) in [5.74, 6) is -0.105. The van der Waals surface area contributed by atoms with Crippen LogP contribution in [0.5, 0.6) is 0 Å². The van der Waals surface area contributed by atoms with Crippen LogP contribution in [0, 0.1) is 13.8 Å². The second-order valence-corrected chi connectivity index (χ2v) is 10.6. The lowest BCUT2D eigenvalue weighted by Gasteiger charge is -2.34. The van der Waals surface area contributed by atoms with Gasteiger partial charge in [-0.05, 0) is 62.4 Å². The van der Waals surface area contributed by atoms with E-state index in [0.717, 1.165) is 41.6 Å². The van der Waals surface area contributed by atoms with Gasteiger partial charge in [0.15, 0.2) is 5.65 Å². The van der Waals surface area contributed by atoms with Crippen LogP contribution in [-0.2, 0) is 29.9 Å². The summed E-state index contributed by atoms with van der Waals surface area (Å²) in [5.41, 5.74) is 5.17. The highest BCUT2D eigenvalue weighted by Gasteiger charge is 2.32. The summed E-state index contributed by atoms with van der Waals surface area (Å²) in [6, 6.07) is 7.30. The van der Waals surface area contributed by atoms with E-state index in [4.69, 9.17) is 0 Å². The number of pyridine rings is 1. The van der Waals surface area contributed by atoms with Gasteiger partial charge in [0.2, 0.25) is 10.0 Å². The Balaban J connectivity index is 1.36. The Morgan fingerprint density at radius 1 is 1.00 bits per heavy atom.